The van der Waals surface area contributed by atoms with Crippen molar-refractivity contribution in [2.24, 2.45) is 5.41 Å². The number of nitrogens with one attached hydrogen (secondary N) is 2. The van der Waals surface area contributed by atoms with E-state index >= 15 is 0 Å². The average molecular weight is 404 g/mol. The summed E-state index contributed by atoms with van der Waals surface area (Å²) in [4.78, 5) is 12.3. The van der Waals surface area contributed by atoms with Crippen LogP contribution in [-0.2, 0) is 21.2 Å². The molecule has 0 unspecified atom stereocenters. The van der Waals surface area contributed by atoms with Gasteiger partial charge < -0.3 is 14.8 Å². The standard InChI is InChI=1S/C20H24N2O5S/c1-5-13-6-9-16(26-4)18(10-13)28(24,25)22-14-7-8-15-17(11-14)27-12-20(2,3)19(23)21-15/h6-11,22H,5,12H2,1-4H3,(H,21,23). The molecule has 3 rings (SSSR count). The molecule has 0 spiro atoms. The number of hydrogen-bond acceptors (Lipinski definition) is 5. The van der Waals surface area contributed by atoms with Crippen molar-refractivity contribution in [1.82, 2.24) is 0 Å². The van der Waals surface area contributed by atoms with Crippen molar-refractivity contribution in [3.05, 3.63) is 42.0 Å². The zero-order valence-corrected chi connectivity index (χ0v) is 17.1. The smallest absolute Gasteiger partial charge is 0.265 e. The van der Waals surface area contributed by atoms with E-state index in [1.165, 1.54) is 7.11 Å². The molecular formula is C20H24N2O5S. The SMILES string of the molecule is CCc1ccc(OC)c(S(=O)(=O)Nc2ccc3c(c2)OCC(C)(C)C(=O)N3)c1. The summed E-state index contributed by atoms with van der Waals surface area (Å²) >= 11 is 0. The number of carbonyl (C=O) groups excluding carboxylic acids is 1. The van der Waals surface area contributed by atoms with Gasteiger partial charge in [0.15, 0.2) is 0 Å². The quantitative estimate of drug-likeness (QED) is 0.796. The van der Waals surface area contributed by atoms with Crippen LogP contribution in [0.3, 0.4) is 0 Å². The molecule has 2 N–H and O–H groups in total. The maximum Gasteiger partial charge on any atom is 0.265 e. The number of ether oxygens (including phenoxy) is 2. The number of carbonyl (C=O) groups is 1. The van der Waals surface area contributed by atoms with Gasteiger partial charge in [0.2, 0.25) is 5.91 Å². The summed E-state index contributed by atoms with van der Waals surface area (Å²) in [7, 11) is -2.44. The molecule has 1 aliphatic heterocycles. The van der Waals surface area contributed by atoms with Gasteiger partial charge in [-0.15, -0.1) is 0 Å². The summed E-state index contributed by atoms with van der Waals surface area (Å²) in [5.74, 6) is 0.527. The summed E-state index contributed by atoms with van der Waals surface area (Å²) in [6.07, 6.45) is 0.703. The number of amides is 1. The Balaban J connectivity index is 1.93. The Morgan fingerprint density at radius 2 is 1.96 bits per heavy atom. The number of hydrogen-bond donors (Lipinski definition) is 2. The van der Waals surface area contributed by atoms with E-state index in [1.54, 1.807) is 44.2 Å². The summed E-state index contributed by atoms with van der Waals surface area (Å²) in [6.45, 7) is 5.70. The molecule has 1 amide bonds. The van der Waals surface area contributed by atoms with Gasteiger partial charge in [-0.2, -0.15) is 0 Å². The lowest BCUT2D eigenvalue weighted by molar-refractivity contribution is -0.124. The maximum absolute atomic E-state index is 12.9. The molecule has 1 heterocycles. The zero-order chi connectivity index (χ0) is 20.5. The van der Waals surface area contributed by atoms with Gasteiger partial charge in [-0.1, -0.05) is 13.0 Å². The van der Waals surface area contributed by atoms with Crippen LogP contribution in [0, 0.1) is 5.41 Å². The summed E-state index contributed by atoms with van der Waals surface area (Å²) in [6, 6.07) is 9.83. The Hall–Kier alpha value is -2.74. The predicted octanol–water partition coefficient (Wildman–Crippen LogP) is 3.42. The molecule has 2 aromatic rings. The van der Waals surface area contributed by atoms with E-state index in [0.717, 1.165) is 5.56 Å². The van der Waals surface area contributed by atoms with E-state index in [9.17, 15) is 13.2 Å². The molecule has 2 aromatic carbocycles. The van der Waals surface area contributed by atoms with Gasteiger partial charge >= 0.3 is 0 Å². The van der Waals surface area contributed by atoms with Crippen molar-refractivity contribution in [3.63, 3.8) is 0 Å². The van der Waals surface area contributed by atoms with Gasteiger partial charge in [0, 0.05) is 6.07 Å². The van der Waals surface area contributed by atoms with Gasteiger partial charge in [0.05, 0.1) is 23.9 Å². The van der Waals surface area contributed by atoms with Crippen LogP contribution >= 0.6 is 0 Å². The van der Waals surface area contributed by atoms with Crippen LogP contribution in [0.15, 0.2) is 41.3 Å². The van der Waals surface area contributed by atoms with Gasteiger partial charge in [-0.05, 0) is 50.1 Å². The number of sulfonamides is 1. The third-order valence-corrected chi connectivity index (χ3v) is 6.01. The molecule has 0 saturated heterocycles. The van der Waals surface area contributed by atoms with Crippen molar-refractivity contribution < 1.29 is 22.7 Å². The van der Waals surface area contributed by atoms with Crippen LogP contribution < -0.4 is 19.5 Å². The monoisotopic (exact) mass is 404 g/mol. The van der Waals surface area contributed by atoms with Crippen LogP contribution in [0.5, 0.6) is 11.5 Å². The molecule has 8 heteroatoms. The average Bonchev–Trinajstić information content (AvgIpc) is 2.77. The molecule has 150 valence electrons. The van der Waals surface area contributed by atoms with Gasteiger partial charge in [-0.3, -0.25) is 9.52 Å². The molecule has 0 bridgehead atoms. The van der Waals surface area contributed by atoms with E-state index < -0.39 is 15.4 Å². The normalized spacial score (nSPS) is 15.6. The topological polar surface area (TPSA) is 93.7 Å². The minimum absolute atomic E-state index is 0.0691. The third-order valence-electron chi connectivity index (χ3n) is 4.61. The fourth-order valence-electron chi connectivity index (χ4n) is 2.78. The fraction of sp³-hybridized carbons (Fsp3) is 0.350. The third kappa shape index (κ3) is 3.91. The van der Waals surface area contributed by atoms with Crippen molar-refractivity contribution in [2.75, 3.05) is 23.8 Å². The molecule has 28 heavy (non-hydrogen) atoms. The minimum atomic E-state index is -3.88. The summed E-state index contributed by atoms with van der Waals surface area (Å²) in [5.41, 5.74) is 1.03. The Morgan fingerprint density at radius 3 is 2.64 bits per heavy atom. The number of benzene rings is 2. The molecule has 1 aliphatic rings. The predicted molar refractivity (Wildman–Crippen MR) is 108 cm³/mol. The molecule has 7 nitrogen and oxygen atoms in total. The summed E-state index contributed by atoms with van der Waals surface area (Å²) < 4.78 is 39.4. The maximum atomic E-state index is 12.9. The van der Waals surface area contributed by atoms with Crippen molar-refractivity contribution in [2.45, 2.75) is 32.1 Å². The lowest BCUT2D eigenvalue weighted by atomic mass is 9.94. The molecular weight excluding hydrogens is 380 g/mol. The first-order valence-corrected chi connectivity index (χ1v) is 10.4. The second kappa shape index (κ2) is 7.35. The van der Waals surface area contributed by atoms with Crippen LogP contribution in [0.4, 0.5) is 11.4 Å². The largest absolute Gasteiger partial charge is 0.495 e. The second-order valence-electron chi connectivity index (χ2n) is 7.28. The van der Waals surface area contributed by atoms with Gasteiger partial charge in [0.1, 0.15) is 23.0 Å². The Kier molecular flexibility index (Phi) is 5.25. The first kappa shape index (κ1) is 20.0. The second-order valence-corrected chi connectivity index (χ2v) is 8.93. The highest BCUT2D eigenvalue weighted by atomic mass is 32.2. The van der Waals surface area contributed by atoms with E-state index in [1.807, 2.05) is 13.0 Å². The summed E-state index contributed by atoms with van der Waals surface area (Å²) in [5, 5.41) is 2.81. The van der Waals surface area contributed by atoms with Crippen molar-refractivity contribution in [3.8, 4) is 11.5 Å². The Bertz CT molecular complexity index is 1020. The van der Waals surface area contributed by atoms with Crippen molar-refractivity contribution >= 4 is 27.3 Å². The molecule has 0 aromatic heterocycles. The van der Waals surface area contributed by atoms with Gasteiger partial charge in [0.25, 0.3) is 10.0 Å². The first-order valence-electron chi connectivity index (χ1n) is 8.94. The molecule has 0 aliphatic carbocycles. The fourth-order valence-corrected chi connectivity index (χ4v) is 4.05. The van der Waals surface area contributed by atoms with Gasteiger partial charge in [-0.25, -0.2) is 8.42 Å². The molecule has 0 radical (unpaired) electrons. The van der Waals surface area contributed by atoms with Crippen LogP contribution in [0.1, 0.15) is 26.3 Å². The number of rotatable bonds is 5. The Morgan fingerprint density at radius 1 is 1.21 bits per heavy atom. The van der Waals surface area contributed by atoms with E-state index in [-0.39, 0.29) is 23.2 Å². The van der Waals surface area contributed by atoms with Crippen LogP contribution in [-0.4, -0.2) is 28.0 Å². The lowest BCUT2D eigenvalue weighted by Gasteiger charge is -2.18. The number of anilines is 2. The minimum Gasteiger partial charge on any atom is -0.495 e. The molecule has 0 saturated carbocycles. The van der Waals surface area contributed by atoms with E-state index in [2.05, 4.69) is 10.0 Å². The highest BCUT2D eigenvalue weighted by molar-refractivity contribution is 7.92. The number of fused-ring (bicyclic) bond motifs is 1. The first-order chi connectivity index (χ1) is 13.2. The molecule has 0 fully saturated rings. The highest BCUT2D eigenvalue weighted by Crippen LogP contribution is 2.35. The highest BCUT2D eigenvalue weighted by Gasteiger charge is 2.32. The molecule has 0 atom stereocenters. The van der Waals surface area contributed by atoms with E-state index in [4.69, 9.17) is 9.47 Å². The van der Waals surface area contributed by atoms with E-state index in [0.29, 0.717) is 23.5 Å². The van der Waals surface area contributed by atoms with Crippen LogP contribution in [0.25, 0.3) is 0 Å². The zero-order valence-electron chi connectivity index (χ0n) is 16.3. The number of methoxy groups -OCH3 is 1. The lowest BCUT2D eigenvalue weighted by Crippen LogP contribution is -2.33. The number of aryl methyl sites for hydroxylation is 1. The Labute approximate surface area is 165 Å². The van der Waals surface area contributed by atoms with Crippen LogP contribution in [0.2, 0.25) is 0 Å². The van der Waals surface area contributed by atoms with Crippen molar-refractivity contribution in [1.29, 1.82) is 0 Å².